The second-order valence-electron chi connectivity index (χ2n) is 4.15. The van der Waals surface area contributed by atoms with Gasteiger partial charge in [-0.15, -0.1) is 5.10 Å². The molecular formula is C12H8ClN5O2. The minimum Gasteiger partial charge on any atom is -0.259 e. The average Bonchev–Trinajstić information content (AvgIpc) is 2.84. The van der Waals surface area contributed by atoms with E-state index in [0.717, 1.165) is 5.39 Å². The number of nitrogens with zero attached hydrogens (tertiary/aromatic N) is 5. The van der Waals surface area contributed by atoms with Crippen LogP contribution in [0.1, 0.15) is 5.69 Å². The van der Waals surface area contributed by atoms with Crippen LogP contribution in [0.15, 0.2) is 36.5 Å². The molecule has 3 aromatic rings. The Kier molecular flexibility index (Phi) is 3.03. The van der Waals surface area contributed by atoms with E-state index in [-0.39, 0.29) is 5.69 Å². The molecule has 0 fully saturated rings. The third-order valence-corrected chi connectivity index (χ3v) is 3.04. The zero-order valence-corrected chi connectivity index (χ0v) is 10.9. The van der Waals surface area contributed by atoms with Gasteiger partial charge in [0.1, 0.15) is 0 Å². The molecule has 7 nitrogen and oxygen atoms in total. The second-order valence-corrected chi connectivity index (χ2v) is 4.54. The molecule has 1 aromatic carbocycles. The fourth-order valence-electron chi connectivity index (χ4n) is 1.88. The zero-order chi connectivity index (χ0) is 14.1. The fraction of sp³-hybridized carbons (Fsp3) is 0.0833. The van der Waals surface area contributed by atoms with Gasteiger partial charge in [-0.2, -0.15) is 10.2 Å². The molecule has 20 heavy (non-hydrogen) atoms. The lowest BCUT2D eigenvalue weighted by atomic mass is 10.2. The van der Waals surface area contributed by atoms with Gasteiger partial charge in [0.2, 0.25) is 0 Å². The lowest BCUT2D eigenvalue weighted by Gasteiger charge is -2.02. The summed E-state index contributed by atoms with van der Waals surface area (Å²) >= 11 is 5.67. The van der Waals surface area contributed by atoms with Crippen molar-refractivity contribution in [2.45, 2.75) is 6.54 Å². The molecule has 2 heterocycles. The molecule has 8 heteroatoms. The van der Waals surface area contributed by atoms with Gasteiger partial charge in [-0.3, -0.25) is 14.8 Å². The van der Waals surface area contributed by atoms with E-state index in [1.165, 1.54) is 12.1 Å². The highest BCUT2D eigenvalue weighted by molar-refractivity contribution is 6.29. The number of hydrogen-bond acceptors (Lipinski definition) is 5. The van der Waals surface area contributed by atoms with E-state index in [2.05, 4.69) is 15.3 Å². The highest BCUT2D eigenvalue weighted by Gasteiger charge is 2.10. The topological polar surface area (TPSA) is 86.7 Å². The maximum atomic E-state index is 10.8. The molecule has 0 aliphatic heterocycles. The Morgan fingerprint density at radius 3 is 2.80 bits per heavy atom. The number of halogens is 1. The second kappa shape index (κ2) is 4.86. The van der Waals surface area contributed by atoms with Crippen LogP contribution in [0.3, 0.4) is 0 Å². The van der Waals surface area contributed by atoms with Crippen molar-refractivity contribution in [3.63, 3.8) is 0 Å². The molecule has 0 saturated carbocycles. The Labute approximate surface area is 118 Å². The molecule has 0 N–H and O–H groups in total. The molecule has 0 radical (unpaired) electrons. The molecule has 0 amide bonds. The molecule has 0 bridgehead atoms. The number of nitro groups is 1. The Morgan fingerprint density at radius 1 is 1.25 bits per heavy atom. The van der Waals surface area contributed by atoms with Crippen LogP contribution in [-0.4, -0.2) is 24.9 Å². The van der Waals surface area contributed by atoms with Crippen molar-refractivity contribution >= 4 is 28.2 Å². The molecule has 0 spiro atoms. The van der Waals surface area contributed by atoms with Crippen LogP contribution in [0, 0.1) is 10.1 Å². The van der Waals surface area contributed by atoms with E-state index >= 15 is 0 Å². The smallest absolute Gasteiger partial charge is 0.259 e. The van der Waals surface area contributed by atoms with Gasteiger partial charge >= 0.3 is 0 Å². The van der Waals surface area contributed by atoms with Gasteiger partial charge < -0.3 is 0 Å². The van der Waals surface area contributed by atoms with Crippen molar-refractivity contribution in [1.82, 2.24) is 20.0 Å². The lowest BCUT2D eigenvalue weighted by Crippen LogP contribution is -2.04. The minimum atomic E-state index is -0.432. The van der Waals surface area contributed by atoms with Crippen LogP contribution in [0.2, 0.25) is 5.15 Å². The van der Waals surface area contributed by atoms with Crippen molar-refractivity contribution in [3.8, 4) is 0 Å². The van der Waals surface area contributed by atoms with Gasteiger partial charge in [0.25, 0.3) is 5.69 Å². The predicted octanol–water partition coefficient (Wildman–Crippen LogP) is 2.44. The molecule has 0 aliphatic carbocycles. The van der Waals surface area contributed by atoms with Gasteiger partial charge in [0.05, 0.1) is 28.9 Å². The molecular weight excluding hydrogens is 282 g/mol. The molecule has 0 saturated heterocycles. The third kappa shape index (κ3) is 2.30. The van der Waals surface area contributed by atoms with Gasteiger partial charge in [0.15, 0.2) is 5.15 Å². The molecule has 2 aromatic heterocycles. The van der Waals surface area contributed by atoms with Crippen LogP contribution in [-0.2, 0) is 6.54 Å². The summed E-state index contributed by atoms with van der Waals surface area (Å²) in [6.45, 7) is 0.370. The molecule has 0 atom stereocenters. The maximum absolute atomic E-state index is 10.8. The quantitative estimate of drug-likeness (QED) is 0.546. The molecule has 0 unspecified atom stereocenters. The summed E-state index contributed by atoms with van der Waals surface area (Å²) in [5.74, 6) is 0. The van der Waals surface area contributed by atoms with Gasteiger partial charge in [0, 0.05) is 17.5 Å². The van der Waals surface area contributed by atoms with E-state index in [1.54, 1.807) is 29.1 Å². The number of benzene rings is 1. The number of rotatable bonds is 3. The van der Waals surface area contributed by atoms with Crippen LogP contribution >= 0.6 is 11.6 Å². The Bertz CT molecular complexity index is 784. The summed E-state index contributed by atoms with van der Waals surface area (Å²) in [5, 5.41) is 23.9. The van der Waals surface area contributed by atoms with Crippen LogP contribution in [0.4, 0.5) is 5.69 Å². The number of hydrogen-bond donors (Lipinski definition) is 0. The Hall–Kier alpha value is -2.54. The van der Waals surface area contributed by atoms with Gasteiger partial charge in [-0.1, -0.05) is 11.6 Å². The highest BCUT2D eigenvalue weighted by Crippen LogP contribution is 2.21. The SMILES string of the molecule is O=[N+]([O-])c1ccc2cnn(Cc3ccc(Cl)nn3)c2c1. The Balaban J connectivity index is 2.00. The zero-order valence-electron chi connectivity index (χ0n) is 10.1. The standard InChI is InChI=1S/C12H8ClN5O2/c13-12-4-2-9(15-16-12)7-17-11-5-10(18(19)20)3-1-8(11)6-14-17/h1-6H,7H2. The Morgan fingerprint density at radius 2 is 2.10 bits per heavy atom. The van der Waals surface area contributed by atoms with Gasteiger partial charge in [-0.25, -0.2) is 0 Å². The summed E-state index contributed by atoms with van der Waals surface area (Å²) < 4.78 is 1.64. The normalized spacial score (nSPS) is 10.8. The summed E-state index contributed by atoms with van der Waals surface area (Å²) in [5.41, 5.74) is 1.38. The number of nitro benzene ring substituents is 1. The van der Waals surface area contributed by atoms with Gasteiger partial charge in [-0.05, 0) is 18.2 Å². The number of aromatic nitrogens is 4. The third-order valence-electron chi connectivity index (χ3n) is 2.84. The van der Waals surface area contributed by atoms with Crippen molar-refractivity contribution in [2.75, 3.05) is 0 Å². The minimum absolute atomic E-state index is 0.0291. The highest BCUT2D eigenvalue weighted by atomic mass is 35.5. The predicted molar refractivity (Wildman–Crippen MR) is 72.5 cm³/mol. The van der Waals surface area contributed by atoms with Crippen molar-refractivity contribution in [2.24, 2.45) is 0 Å². The van der Waals surface area contributed by atoms with E-state index in [9.17, 15) is 10.1 Å². The molecule has 3 rings (SSSR count). The largest absolute Gasteiger partial charge is 0.271 e. The summed E-state index contributed by atoms with van der Waals surface area (Å²) in [6.07, 6.45) is 1.66. The van der Waals surface area contributed by atoms with Crippen molar-refractivity contribution in [3.05, 3.63) is 57.5 Å². The van der Waals surface area contributed by atoms with Crippen LogP contribution in [0.5, 0.6) is 0 Å². The number of fused-ring (bicyclic) bond motifs is 1. The summed E-state index contributed by atoms with van der Waals surface area (Å²) in [7, 11) is 0. The average molecular weight is 290 g/mol. The number of non-ortho nitro benzene ring substituents is 1. The molecule has 0 aliphatic rings. The van der Waals surface area contributed by atoms with Crippen molar-refractivity contribution < 1.29 is 4.92 Å². The molecule has 100 valence electrons. The summed E-state index contributed by atoms with van der Waals surface area (Å²) in [4.78, 5) is 10.4. The first-order valence-corrected chi connectivity index (χ1v) is 6.09. The van der Waals surface area contributed by atoms with E-state index < -0.39 is 4.92 Å². The monoisotopic (exact) mass is 289 g/mol. The first kappa shape index (κ1) is 12.5. The van der Waals surface area contributed by atoms with E-state index in [0.29, 0.717) is 22.9 Å². The van der Waals surface area contributed by atoms with Crippen LogP contribution in [0.25, 0.3) is 10.9 Å². The first-order chi connectivity index (χ1) is 9.63. The van der Waals surface area contributed by atoms with Crippen molar-refractivity contribution in [1.29, 1.82) is 0 Å². The van der Waals surface area contributed by atoms with Crippen LogP contribution < -0.4 is 0 Å². The first-order valence-electron chi connectivity index (χ1n) is 5.71. The summed E-state index contributed by atoms with van der Waals surface area (Å²) in [6, 6.07) is 7.99. The van der Waals surface area contributed by atoms with E-state index in [4.69, 9.17) is 11.6 Å². The lowest BCUT2D eigenvalue weighted by molar-refractivity contribution is -0.384. The fourth-order valence-corrected chi connectivity index (χ4v) is 1.98. The van der Waals surface area contributed by atoms with E-state index in [1.807, 2.05) is 0 Å². The maximum Gasteiger partial charge on any atom is 0.271 e.